The van der Waals surface area contributed by atoms with Crippen molar-refractivity contribution in [1.82, 2.24) is 4.57 Å². The van der Waals surface area contributed by atoms with Crippen molar-refractivity contribution in [3.05, 3.63) is 35.0 Å². The van der Waals surface area contributed by atoms with Gasteiger partial charge in [-0.3, -0.25) is 0 Å². The Labute approximate surface area is 87.3 Å². The Hall–Kier alpha value is -0.990. The molecule has 72 valence electrons. The molecule has 0 radical (unpaired) electrons. The lowest BCUT2D eigenvalue weighted by molar-refractivity contribution is 0.542. The van der Waals surface area contributed by atoms with Crippen LogP contribution < -0.4 is 5.73 Å². The van der Waals surface area contributed by atoms with Crippen LogP contribution in [0.1, 0.15) is 5.56 Å². The molecule has 0 aliphatic carbocycles. The number of rotatable bonds is 0. The first-order valence-electron chi connectivity index (χ1n) is 4.77. The van der Waals surface area contributed by atoms with E-state index in [1.165, 1.54) is 16.5 Å². The molecular formula is C11H11ClN2. The number of hydrogen-bond donors (Lipinski definition) is 1. The Morgan fingerprint density at radius 1 is 1.36 bits per heavy atom. The minimum absolute atomic E-state index is 0.193. The monoisotopic (exact) mass is 206 g/mol. The predicted octanol–water partition coefficient (Wildman–Crippen LogP) is 2.18. The molecule has 2 aromatic rings. The van der Waals surface area contributed by atoms with Gasteiger partial charge in [-0.05, 0) is 29.5 Å². The summed E-state index contributed by atoms with van der Waals surface area (Å²) in [6.45, 7) is 0.900. The Bertz CT molecular complexity index is 501. The lowest BCUT2D eigenvalue weighted by Crippen LogP contribution is -2.31. The van der Waals surface area contributed by atoms with Gasteiger partial charge in [-0.2, -0.15) is 0 Å². The molecule has 1 aliphatic heterocycles. The fourth-order valence-electron chi connectivity index (χ4n) is 2.27. The van der Waals surface area contributed by atoms with E-state index in [-0.39, 0.29) is 6.04 Å². The molecule has 0 bridgehead atoms. The van der Waals surface area contributed by atoms with Crippen LogP contribution in [0.5, 0.6) is 0 Å². The zero-order valence-electron chi connectivity index (χ0n) is 7.70. The Morgan fingerprint density at radius 3 is 3.07 bits per heavy atom. The molecule has 1 aliphatic rings. The third kappa shape index (κ3) is 1.01. The van der Waals surface area contributed by atoms with Crippen molar-refractivity contribution in [3.8, 4) is 0 Å². The van der Waals surface area contributed by atoms with Gasteiger partial charge in [-0.15, -0.1) is 0 Å². The standard InChI is InChI=1S/C11H11ClN2/c12-10-2-1-7-3-4-14-6-8(13)5-9(10)11(7)14/h1-4,8H,5-6,13H2. The van der Waals surface area contributed by atoms with E-state index in [2.05, 4.69) is 22.9 Å². The molecule has 1 aromatic heterocycles. The highest BCUT2D eigenvalue weighted by atomic mass is 35.5. The first-order valence-corrected chi connectivity index (χ1v) is 5.15. The van der Waals surface area contributed by atoms with Gasteiger partial charge in [0.2, 0.25) is 0 Å². The fourth-order valence-corrected chi connectivity index (χ4v) is 2.50. The Balaban J connectivity index is 2.41. The second-order valence-corrected chi connectivity index (χ2v) is 4.30. The van der Waals surface area contributed by atoms with Gasteiger partial charge >= 0.3 is 0 Å². The van der Waals surface area contributed by atoms with Crippen LogP contribution in [0, 0.1) is 0 Å². The number of halogens is 1. The van der Waals surface area contributed by atoms with Gasteiger partial charge in [0.15, 0.2) is 0 Å². The summed E-state index contributed by atoms with van der Waals surface area (Å²) in [6.07, 6.45) is 2.98. The summed E-state index contributed by atoms with van der Waals surface area (Å²) in [4.78, 5) is 0. The maximum atomic E-state index is 6.16. The van der Waals surface area contributed by atoms with E-state index in [1.807, 2.05) is 6.07 Å². The minimum atomic E-state index is 0.193. The Morgan fingerprint density at radius 2 is 2.21 bits per heavy atom. The molecule has 2 heterocycles. The van der Waals surface area contributed by atoms with Crippen LogP contribution in [0.4, 0.5) is 0 Å². The zero-order chi connectivity index (χ0) is 9.71. The maximum absolute atomic E-state index is 6.16. The van der Waals surface area contributed by atoms with Crippen molar-refractivity contribution in [2.45, 2.75) is 19.0 Å². The van der Waals surface area contributed by atoms with E-state index in [0.29, 0.717) is 0 Å². The lowest BCUT2D eigenvalue weighted by Gasteiger charge is -2.22. The molecule has 0 fully saturated rings. The van der Waals surface area contributed by atoms with Crippen LogP contribution in [-0.2, 0) is 13.0 Å². The molecule has 1 unspecified atom stereocenters. The van der Waals surface area contributed by atoms with Crippen LogP contribution in [-0.4, -0.2) is 10.6 Å². The van der Waals surface area contributed by atoms with Crippen molar-refractivity contribution < 1.29 is 0 Å². The minimum Gasteiger partial charge on any atom is -0.346 e. The molecule has 14 heavy (non-hydrogen) atoms. The van der Waals surface area contributed by atoms with Crippen molar-refractivity contribution >= 4 is 22.5 Å². The van der Waals surface area contributed by atoms with Crippen LogP contribution in [0.15, 0.2) is 24.4 Å². The first-order chi connectivity index (χ1) is 6.75. The van der Waals surface area contributed by atoms with E-state index < -0.39 is 0 Å². The van der Waals surface area contributed by atoms with Gasteiger partial charge in [-0.1, -0.05) is 17.7 Å². The van der Waals surface area contributed by atoms with Crippen LogP contribution >= 0.6 is 11.6 Å². The summed E-state index contributed by atoms with van der Waals surface area (Å²) in [7, 11) is 0. The van der Waals surface area contributed by atoms with Gasteiger partial charge in [0, 0.05) is 23.8 Å². The second kappa shape index (κ2) is 2.75. The number of nitrogens with two attached hydrogens (primary N) is 1. The van der Waals surface area contributed by atoms with E-state index >= 15 is 0 Å². The topological polar surface area (TPSA) is 30.9 Å². The van der Waals surface area contributed by atoms with E-state index in [9.17, 15) is 0 Å². The number of nitrogens with zero attached hydrogens (tertiary/aromatic N) is 1. The van der Waals surface area contributed by atoms with Gasteiger partial charge in [0.05, 0.1) is 5.52 Å². The molecule has 0 amide bonds. The molecule has 2 nitrogen and oxygen atoms in total. The van der Waals surface area contributed by atoms with Crippen molar-refractivity contribution in [3.63, 3.8) is 0 Å². The van der Waals surface area contributed by atoms with Crippen molar-refractivity contribution in [1.29, 1.82) is 0 Å². The first kappa shape index (κ1) is 8.33. The normalized spacial score (nSPS) is 20.3. The lowest BCUT2D eigenvalue weighted by atomic mass is 10.0. The van der Waals surface area contributed by atoms with E-state index in [4.69, 9.17) is 17.3 Å². The largest absolute Gasteiger partial charge is 0.346 e. The van der Waals surface area contributed by atoms with Gasteiger partial charge < -0.3 is 10.3 Å². The molecule has 0 spiro atoms. The predicted molar refractivity (Wildman–Crippen MR) is 58.6 cm³/mol. The smallest absolute Gasteiger partial charge is 0.0528 e. The van der Waals surface area contributed by atoms with E-state index in [0.717, 1.165) is 18.0 Å². The molecule has 2 N–H and O–H groups in total. The van der Waals surface area contributed by atoms with Gasteiger partial charge in [-0.25, -0.2) is 0 Å². The summed E-state index contributed by atoms with van der Waals surface area (Å²) in [5.74, 6) is 0. The summed E-state index contributed by atoms with van der Waals surface area (Å²) in [5, 5.41) is 2.10. The average Bonchev–Trinajstić information content (AvgIpc) is 2.55. The third-order valence-corrected chi connectivity index (χ3v) is 3.23. The molecular weight excluding hydrogens is 196 g/mol. The average molecular weight is 207 g/mol. The molecule has 3 heteroatoms. The van der Waals surface area contributed by atoms with Crippen LogP contribution in [0.2, 0.25) is 5.02 Å². The van der Waals surface area contributed by atoms with Gasteiger partial charge in [0.25, 0.3) is 0 Å². The zero-order valence-corrected chi connectivity index (χ0v) is 8.46. The SMILES string of the molecule is NC1Cc2c(Cl)ccc3ccn(c23)C1. The highest BCUT2D eigenvalue weighted by molar-refractivity contribution is 6.32. The molecule has 0 saturated heterocycles. The van der Waals surface area contributed by atoms with Crippen molar-refractivity contribution in [2.24, 2.45) is 5.73 Å². The number of aromatic nitrogens is 1. The molecule has 3 rings (SSSR count). The fraction of sp³-hybridized carbons (Fsp3) is 0.273. The molecule has 1 atom stereocenters. The highest BCUT2D eigenvalue weighted by Crippen LogP contribution is 2.31. The summed E-state index contributed by atoms with van der Waals surface area (Å²) in [6, 6.07) is 6.33. The summed E-state index contributed by atoms with van der Waals surface area (Å²) in [5.41, 5.74) is 8.44. The number of hydrogen-bond acceptors (Lipinski definition) is 1. The Kier molecular flexibility index (Phi) is 1.64. The molecule has 0 saturated carbocycles. The van der Waals surface area contributed by atoms with Crippen molar-refractivity contribution in [2.75, 3.05) is 0 Å². The highest BCUT2D eigenvalue weighted by Gasteiger charge is 2.19. The summed E-state index contributed by atoms with van der Waals surface area (Å²) >= 11 is 6.16. The van der Waals surface area contributed by atoms with E-state index in [1.54, 1.807) is 0 Å². The molecule has 1 aromatic carbocycles. The third-order valence-electron chi connectivity index (χ3n) is 2.88. The van der Waals surface area contributed by atoms with Crippen LogP contribution in [0.25, 0.3) is 10.9 Å². The second-order valence-electron chi connectivity index (χ2n) is 3.90. The van der Waals surface area contributed by atoms with Crippen LogP contribution in [0.3, 0.4) is 0 Å². The number of benzene rings is 1. The quantitative estimate of drug-likeness (QED) is 0.704. The summed E-state index contributed by atoms with van der Waals surface area (Å²) < 4.78 is 2.20. The van der Waals surface area contributed by atoms with Gasteiger partial charge in [0.1, 0.15) is 0 Å². The maximum Gasteiger partial charge on any atom is 0.0528 e.